The Balaban J connectivity index is 2.32. The number of hydrogen-bond donors (Lipinski definition) is 2. The molecule has 0 heterocycles. The van der Waals surface area contributed by atoms with Crippen molar-refractivity contribution in [2.45, 2.75) is 32.4 Å². The van der Waals surface area contributed by atoms with Crippen LogP contribution in [0.5, 0.6) is 5.75 Å². The number of nitrogens with one attached hydrogen (secondary N) is 2. The van der Waals surface area contributed by atoms with Crippen molar-refractivity contribution in [2.75, 3.05) is 13.2 Å². The van der Waals surface area contributed by atoms with E-state index >= 15 is 0 Å². The Kier molecular flexibility index (Phi) is 6.71. The monoisotopic (exact) mass is 268 g/mol. The Hall–Kier alpha value is -1.78. The Labute approximate surface area is 113 Å². The Morgan fingerprint density at radius 3 is 2.63 bits per heavy atom. The molecule has 106 valence electrons. The van der Waals surface area contributed by atoms with Gasteiger partial charge in [-0.25, -0.2) is 4.79 Å². The summed E-state index contributed by atoms with van der Waals surface area (Å²) in [6.45, 7) is 3.66. The van der Waals surface area contributed by atoms with Crippen molar-refractivity contribution >= 4 is 6.03 Å². The highest BCUT2D eigenvalue weighted by molar-refractivity contribution is 5.74. The molecule has 5 heteroatoms. The number of amides is 2. The molecule has 0 saturated heterocycles. The smallest absolute Gasteiger partial charge is 0.315 e. The molecule has 19 heavy (non-hydrogen) atoms. The summed E-state index contributed by atoms with van der Waals surface area (Å²) < 4.78 is 17.6. The number of para-hydroxylation sites is 1. The average Bonchev–Trinajstić information content (AvgIpc) is 2.40. The van der Waals surface area contributed by atoms with Crippen LogP contribution in [0.25, 0.3) is 0 Å². The van der Waals surface area contributed by atoms with Crippen LogP contribution in [-0.2, 0) is 0 Å². The molecule has 0 fully saturated rings. The van der Waals surface area contributed by atoms with E-state index in [-0.39, 0.29) is 18.2 Å². The highest BCUT2D eigenvalue weighted by Gasteiger charge is 2.15. The van der Waals surface area contributed by atoms with E-state index in [1.54, 1.807) is 0 Å². The van der Waals surface area contributed by atoms with E-state index in [1.807, 2.05) is 44.2 Å². The van der Waals surface area contributed by atoms with Crippen LogP contribution in [0.1, 0.15) is 20.3 Å². The summed E-state index contributed by atoms with van der Waals surface area (Å²) in [6, 6.07) is 8.98. The Bertz CT molecular complexity index is 373. The molecule has 1 aromatic carbocycles. The van der Waals surface area contributed by atoms with Crippen molar-refractivity contribution < 1.29 is 13.9 Å². The molecule has 0 aliphatic heterocycles. The summed E-state index contributed by atoms with van der Waals surface area (Å²) >= 11 is 0. The van der Waals surface area contributed by atoms with Crippen LogP contribution in [0.3, 0.4) is 0 Å². The molecule has 1 rings (SSSR count). The van der Waals surface area contributed by atoms with E-state index in [4.69, 9.17) is 4.74 Å². The van der Waals surface area contributed by atoms with Crippen molar-refractivity contribution in [3.05, 3.63) is 30.3 Å². The SMILES string of the molecule is C[C@H](Oc1ccccc1)[C@@H](C)NC(=O)NCCCF. The van der Waals surface area contributed by atoms with E-state index < -0.39 is 6.67 Å². The number of urea groups is 1. The van der Waals surface area contributed by atoms with Gasteiger partial charge >= 0.3 is 6.03 Å². The maximum absolute atomic E-state index is 11.9. The lowest BCUT2D eigenvalue weighted by atomic mass is 10.2. The van der Waals surface area contributed by atoms with Gasteiger partial charge in [-0.15, -0.1) is 0 Å². The number of halogens is 1. The number of alkyl halides is 1. The van der Waals surface area contributed by atoms with Crippen LogP contribution in [0, 0.1) is 0 Å². The molecular weight excluding hydrogens is 247 g/mol. The fourth-order valence-corrected chi connectivity index (χ4v) is 1.46. The third-order valence-corrected chi connectivity index (χ3v) is 2.72. The number of rotatable bonds is 7. The molecule has 4 nitrogen and oxygen atoms in total. The molecular formula is C14H21FN2O2. The molecule has 2 N–H and O–H groups in total. The standard InChI is InChI=1S/C14H21FN2O2/c1-11(17-14(18)16-10-6-9-15)12(2)19-13-7-4-3-5-8-13/h3-5,7-8,11-12H,6,9-10H2,1-2H3,(H2,16,17,18)/t11-,12+/m1/s1. The molecule has 0 unspecified atom stereocenters. The molecule has 0 radical (unpaired) electrons. The van der Waals surface area contributed by atoms with Gasteiger partial charge < -0.3 is 15.4 Å². The van der Waals surface area contributed by atoms with Crippen LogP contribution < -0.4 is 15.4 Å². The number of benzene rings is 1. The van der Waals surface area contributed by atoms with Crippen LogP contribution in [0.15, 0.2) is 30.3 Å². The van der Waals surface area contributed by atoms with Gasteiger partial charge in [-0.3, -0.25) is 4.39 Å². The topological polar surface area (TPSA) is 50.4 Å². The summed E-state index contributed by atoms with van der Waals surface area (Å²) in [5.74, 6) is 0.765. The van der Waals surface area contributed by atoms with Crippen molar-refractivity contribution in [2.24, 2.45) is 0 Å². The zero-order valence-electron chi connectivity index (χ0n) is 11.4. The molecule has 0 aliphatic rings. The lowest BCUT2D eigenvalue weighted by Gasteiger charge is -2.22. The van der Waals surface area contributed by atoms with Crippen molar-refractivity contribution in [1.82, 2.24) is 10.6 Å². The molecule has 2 atom stereocenters. The van der Waals surface area contributed by atoms with Crippen LogP contribution in [0.2, 0.25) is 0 Å². The first-order chi connectivity index (χ1) is 9.13. The highest BCUT2D eigenvalue weighted by atomic mass is 19.1. The minimum absolute atomic E-state index is 0.148. The molecule has 1 aromatic rings. The van der Waals surface area contributed by atoms with Gasteiger partial charge in [0.25, 0.3) is 0 Å². The summed E-state index contributed by atoms with van der Waals surface area (Å²) in [6.07, 6.45) is 0.173. The van der Waals surface area contributed by atoms with Gasteiger partial charge in [0, 0.05) is 6.54 Å². The molecule has 2 amide bonds. The van der Waals surface area contributed by atoms with Crippen LogP contribution >= 0.6 is 0 Å². The average molecular weight is 268 g/mol. The summed E-state index contributed by atoms with van der Waals surface area (Å²) in [7, 11) is 0. The van der Waals surface area contributed by atoms with Gasteiger partial charge in [0.1, 0.15) is 11.9 Å². The lowest BCUT2D eigenvalue weighted by Crippen LogP contribution is -2.47. The van der Waals surface area contributed by atoms with E-state index in [0.717, 1.165) is 5.75 Å². The predicted octanol–water partition coefficient (Wildman–Crippen LogP) is 2.50. The highest BCUT2D eigenvalue weighted by Crippen LogP contribution is 2.12. The van der Waals surface area contributed by atoms with Crippen molar-refractivity contribution in [1.29, 1.82) is 0 Å². The molecule has 0 bridgehead atoms. The Morgan fingerprint density at radius 2 is 2.00 bits per heavy atom. The summed E-state index contributed by atoms with van der Waals surface area (Å²) in [5, 5.41) is 5.35. The third kappa shape index (κ3) is 6.08. The Morgan fingerprint density at radius 1 is 1.32 bits per heavy atom. The first kappa shape index (κ1) is 15.3. The fourth-order valence-electron chi connectivity index (χ4n) is 1.46. The third-order valence-electron chi connectivity index (χ3n) is 2.72. The molecule has 0 spiro atoms. The fraction of sp³-hybridized carbons (Fsp3) is 0.500. The normalized spacial score (nSPS) is 13.4. The number of ether oxygens (including phenoxy) is 1. The van der Waals surface area contributed by atoms with E-state index in [9.17, 15) is 9.18 Å². The largest absolute Gasteiger partial charge is 0.489 e. The molecule has 0 aromatic heterocycles. The second-order valence-corrected chi connectivity index (χ2v) is 4.37. The minimum Gasteiger partial charge on any atom is -0.489 e. The van der Waals surface area contributed by atoms with Gasteiger partial charge in [0.2, 0.25) is 0 Å². The van der Waals surface area contributed by atoms with E-state index in [2.05, 4.69) is 10.6 Å². The van der Waals surface area contributed by atoms with Gasteiger partial charge in [-0.1, -0.05) is 18.2 Å². The van der Waals surface area contributed by atoms with Crippen molar-refractivity contribution in [3.8, 4) is 5.75 Å². The number of carbonyl (C=O) groups excluding carboxylic acids is 1. The quantitative estimate of drug-likeness (QED) is 0.746. The zero-order chi connectivity index (χ0) is 14.1. The summed E-state index contributed by atoms with van der Waals surface area (Å²) in [4.78, 5) is 11.5. The zero-order valence-corrected chi connectivity index (χ0v) is 11.4. The van der Waals surface area contributed by atoms with Crippen molar-refractivity contribution in [3.63, 3.8) is 0 Å². The molecule has 0 aliphatic carbocycles. The number of hydrogen-bond acceptors (Lipinski definition) is 2. The minimum atomic E-state index is -0.427. The second-order valence-electron chi connectivity index (χ2n) is 4.37. The van der Waals surface area contributed by atoms with Crippen LogP contribution in [-0.4, -0.2) is 31.4 Å². The maximum Gasteiger partial charge on any atom is 0.315 e. The maximum atomic E-state index is 11.9. The van der Waals surface area contributed by atoms with E-state index in [1.165, 1.54) is 0 Å². The first-order valence-corrected chi connectivity index (χ1v) is 6.45. The first-order valence-electron chi connectivity index (χ1n) is 6.45. The van der Waals surface area contributed by atoms with Gasteiger partial charge in [0.15, 0.2) is 0 Å². The predicted molar refractivity (Wildman–Crippen MR) is 73.1 cm³/mol. The van der Waals surface area contributed by atoms with E-state index in [0.29, 0.717) is 13.0 Å². The molecule has 0 saturated carbocycles. The lowest BCUT2D eigenvalue weighted by molar-refractivity contribution is 0.175. The number of carbonyl (C=O) groups is 1. The summed E-state index contributed by atoms with van der Waals surface area (Å²) in [5.41, 5.74) is 0. The van der Waals surface area contributed by atoms with Gasteiger partial charge in [-0.05, 0) is 32.4 Å². The van der Waals surface area contributed by atoms with Crippen LogP contribution in [0.4, 0.5) is 9.18 Å². The van der Waals surface area contributed by atoms with Gasteiger partial charge in [0.05, 0.1) is 12.7 Å². The second kappa shape index (κ2) is 8.34. The van der Waals surface area contributed by atoms with Gasteiger partial charge in [-0.2, -0.15) is 0 Å².